The smallest absolute Gasteiger partial charge is 0.337 e. The van der Waals surface area contributed by atoms with E-state index in [1.807, 2.05) is 0 Å². The van der Waals surface area contributed by atoms with Crippen molar-refractivity contribution in [2.45, 2.75) is 0 Å². The molecule has 0 aliphatic carbocycles. The first-order valence-corrected chi connectivity index (χ1v) is 5.65. The third-order valence-electron chi connectivity index (χ3n) is 2.52. The van der Waals surface area contributed by atoms with Gasteiger partial charge in [-0.3, -0.25) is 0 Å². The Kier molecular flexibility index (Phi) is 3.85. The average molecular weight is 270 g/mol. The van der Waals surface area contributed by atoms with Crippen LogP contribution in [-0.2, 0) is 0 Å². The Balaban J connectivity index is 2.25. The van der Waals surface area contributed by atoms with Gasteiger partial charge in [0.1, 0.15) is 5.69 Å². The van der Waals surface area contributed by atoms with E-state index in [0.717, 1.165) is 0 Å². The third kappa shape index (κ3) is 3.05. The molecule has 100 valence electrons. The molecule has 2 N–H and O–H groups in total. The van der Waals surface area contributed by atoms with Crippen LogP contribution in [0.3, 0.4) is 0 Å². The zero-order valence-electron chi connectivity index (χ0n) is 10.2. The van der Waals surface area contributed by atoms with Gasteiger partial charge in [-0.1, -0.05) is 12.1 Å². The molecular formula is C14H10N2O4. The molecule has 6 nitrogen and oxygen atoms in total. The van der Waals surface area contributed by atoms with E-state index in [-0.39, 0.29) is 16.8 Å². The van der Waals surface area contributed by atoms with Gasteiger partial charge < -0.3 is 10.2 Å². The Morgan fingerprint density at radius 1 is 0.800 bits per heavy atom. The molecule has 0 aliphatic heterocycles. The molecule has 2 aromatic carbocycles. The highest BCUT2D eigenvalue weighted by molar-refractivity contribution is 5.93. The second-order valence-electron chi connectivity index (χ2n) is 3.87. The summed E-state index contributed by atoms with van der Waals surface area (Å²) in [4.78, 5) is 21.7. The maximum Gasteiger partial charge on any atom is 0.337 e. The van der Waals surface area contributed by atoms with Crippen molar-refractivity contribution in [2.24, 2.45) is 10.2 Å². The number of hydrogen-bond donors (Lipinski definition) is 2. The highest BCUT2D eigenvalue weighted by Crippen LogP contribution is 2.22. The molecule has 0 bridgehead atoms. The fourth-order valence-electron chi connectivity index (χ4n) is 1.52. The summed E-state index contributed by atoms with van der Waals surface area (Å²) in [7, 11) is 0. The molecule has 2 aromatic rings. The van der Waals surface area contributed by atoms with Gasteiger partial charge in [0, 0.05) is 0 Å². The van der Waals surface area contributed by atoms with Crippen LogP contribution in [0.5, 0.6) is 0 Å². The minimum Gasteiger partial charge on any atom is -0.478 e. The fourth-order valence-corrected chi connectivity index (χ4v) is 1.52. The number of hydrogen-bond acceptors (Lipinski definition) is 4. The summed E-state index contributed by atoms with van der Waals surface area (Å²) in [6.07, 6.45) is 0. The van der Waals surface area contributed by atoms with Crippen molar-refractivity contribution in [3.05, 3.63) is 59.7 Å². The molecule has 0 fully saturated rings. The number of azo groups is 1. The van der Waals surface area contributed by atoms with Gasteiger partial charge in [0.15, 0.2) is 0 Å². The van der Waals surface area contributed by atoms with E-state index in [9.17, 15) is 9.59 Å². The van der Waals surface area contributed by atoms with Crippen LogP contribution in [0.25, 0.3) is 0 Å². The summed E-state index contributed by atoms with van der Waals surface area (Å²) in [5, 5.41) is 25.5. The fraction of sp³-hybridized carbons (Fsp3) is 0. The number of aromatic carboxylic acids is 2. The molecule has 0 amide bonds. The minimum absolute atomic E-state index is 0.0541. The van der Waals surface area contributed by atoms with Crippen molar-refractivity contribution in [3.63, 3.8) is 0 Å². The number of rotatable bonds is 4. The lowest BCUT2D eigenvalue weighted by Gasteiger charge is -1.99. The van der Waals surface area contributed by atoms with Gasteiger partial charge in [-0.25, -0.2) is 9.59 Å². The van der Waals surface area contributed by atoms with Crippen LogP contribution < -0.4 is 0 Å². The zero-order valence-corrected chi connectivity index (χ0v) is 10.2. The average Bonchev–Trinajstić information content (AvgIpc) is 2.45. The first-order chi connectivity index (χ1) is 9.58. The molecule has 20 heavy (non-hydrogen) atoms. The number of carboxylic acid groups (broad SMARTS) is 2. The largest absolute Gasteiger partial charge is 0.478 e. The lowest BCUT2D eigenvalue weighted by atomic mass is 10.2. The maximum atomic E-state index is 11.0. The predicted molar refractivity (Wildman–Crippen MR) is 71.0 cm³/mol. The summed E-state index contributed by atoms with van der Waals surface area (Å²) in [6.45, 7) is 0. The Morgan fingerprint density at radius 3 is 2.05 bits per heavy atom. The molecule has 0 aliphatic rings. The molecule has 0 saturated carbocycles. The molecule has 0 spiro atoms. The molecule has 0 heterocycles. The van der Waals surface area contributed by atoms with Gasteiger partial charge in [-0.05, 0) is 36.4 Å². The molecule has 0 unspecified atom stereocenters. The van der Waals surface area contributed by atoms with E-state index in [2.05, 4.69) is 10.2 Å². The summed E-state index contributed by atoms with van der Waals surface area (Å²) < 4.78 is 0. The first-order valence-electron chi connectivity index (χ1n) is 5.65. The Hall–Kier alpha value is -3.02. The summed E-state index contributed by atoms with van der Waals surface area (Å²) in [5.41, 5.74) is 0.880. The van der Waals surface area contributed by atoms with Crippen molar-refractivity contribution in [2.75, 3.05) is 0 Å². The lowest BCUT2D eigenvalue weighted by molar-refractivity contribution is 0.0686. The summed E-state index contributed by atoms with van der Waals surface area (Å²) in [6, 6.07) is 12.0. The Bertz CT molecular complexity index is 678. The first kappa shape index (κ1) is 13.4. The standard InChI is InChI=1S/C14H10N2O4/c17-13(18)9-5-7-10(8-6-9)15-16-12-4-2-1-3-11(12)14(19)20/h1-8H,(H,17,18)(H,19,20). The van der Waals surface area contributed by atoms with Crippen LogP contribution in [0.4, 0.5) is 11.4 Å². The minimum atomic E-state index is -1.08. The van der Waals surface area contributed by atoms with E-state index in [0.29, 0.717) is 5.69 Å². The molecule has 0 aromatic heterocycles. The molecule has 0 atom stereocenters. The molecule has 6 heteroatoms. The van der Waals surface area contributed by atoms with Crippen LogP contribution in [-0.4, -0.2) is 22.2 Å². The summed E-state index contributed by atoms with van der Waals surface area (Å²) in [5.74, 6) is -2.11. The molecule has 0 saturated heterocycles. The Morgan fingerprint density at radius 2 is 1.45 bits per heavy atom. The third-order valence-corrected chi connectivity index (χ3v) is 2.52. The monoisotopic (exact) mass is 270 g/mol. The van der Waals surface area contributed by atoms with Gasteiger partial charge in [0.2, 0.25) is 0 Å². The Labute approximate surface area is 114 Å². The second-order valence-corrected chi connectivity index (χ2v) is 3.87. The number of nitrogens with zero attached hydrogens (tertiary/aromatic N) is 2. The van der Waals surface area contributed by atoms with E-state index < -0.39 is 11.9 Å². The van der Waals surface area contributed by atoms with Gasteiger partial charge in [0.05, 0.1) is 16.8 Å². The molecule has 0 radical (unpaired) electrons. The van der Waals surface area contributed by atoms with Crippen LogP contribution >= 0.6 is 0 Å². The SMILES string of the molecule is O=C(O)c1ccc(N=Nc2ccccc2C(=O)O)cc1. The lowest BCUT2D eigenvalue weighted by Crippen LogP contribution is -1.95. The van der Waals surface area contributed by atoms with Gasteiger partial charge in [0.25, 0.3) is 0 Å². The van der Waals surface area contributed by atoms with Crippen molar-refractivity contribution in [3.8, 4) is 0 Å². The topological polar surface area (TPSA) is 99.3 Å². The number of carboxylic acids is 2. The van der Waals surface area contributed by atoms with Gasteiger partial charge in [-0.15, -0.1) is 5.11 Å². The van der Waals surface area contributed by atoms with Crippen molar-refractivity contribution < 1.29 is 19.8 Å². The second kappa shape index (κ2) is 5.75. The van der Waals surface area contributed by atoms with Crippen molar-refractivity contribution >= 4 is 23.3 Å². The molecule has 2 rings (SSSR count). The van der Waals surface area contributed by atoms with E-state index in [4.69, 9.17) is 10.2 Å². The van der Waals surface area contributed by atoms with Crippen LogP contribution in [0.2, 0.25) is 0 Å². The van der Waals surface area contributed by atoms with Crippen LogP contribution in [0.15, 0.2) is 58.8 Å². The van der Waals surface area contributed by atoms with Crippen molar-refractivity contribution in [1.82, 2.24) is 0 Å². The quantitative estimate of drug-likeness (QED) is 0.830. The van der Waals surface area contributed by atoms with Crippen LogP contribution in [0, 0.1) is 0 Å². The molecular weight excluding hydrogens is 260 g/mol. The van der Waals surface area contributed by atoms with E-state index >= 15 is 0 Å². The summed E-state index contributed by atoms with van der Waals surface area (Å²) >= 11 is 0. The number of carbonyl (C=O) groups is 2. The van der Waals surface area contributed by atoms with Crippen molar-refractivity contribution in [1.29, 1.82) is 0 Å². The highest BCUT2D eigenvalue weighted by atomic mass is 16.4. The van der Waals surface area contributed by atoms with Gasteiger partial charge in [-0.2, -0.15) is 5.11 Å². The van der Waals surface area contributed by atoms with Gasteiger partial charge >= 0.3 is 11.9 Å². The zero-order chi connectivity index (χ0) is 14.5. The number of benzene rings is 2. The van der Waals surface area contributed by atoms with E-state index in [1.54, 1.807) is 18.2 Å². The van der Waals surface area contributed by atoms with E-state index in [1.165, 1.54) is 30.3 Å². The maximum absolute atomic E-state index is 11.0. The normalized spacial score (nSPS) is 10.6. The highest BCUT2D eigenvalue weighted by Gasteiger charge is 2.08. The predicted octanol–water partition coefficient (Wildman–Crippen LogP) is 3.50. The van der Waals surface area contributed by atoms with Crippen LogP contribution in [0.1, 0.15) is 20.7 Å².